The number of anilines is 1. The van der Waals surface area contributed by atoms with Crippen molar-refractivity contribution in [1.82, 2.24) is 5.48 Å². The first kappa shape index (κ1) is 11.1. The molecular weight excluding hydrogens is 227 g/mol. The number of nitrogens with one attached hydrogen (secondary N) is 2. The molecular formula is C8H8Cl2N2O2. The number of carbonyl (C=O) groups excluding carboxylic acids is 1. The molecule has 0 aromatic heterocycles. The molecule has 1 rings (SSSR count). The lowest BCUT2D eigenvalue weighted by Gasteiger charge is -2.06. The summed E-state index contributed by atoms with van der Waals surface area (Å²) >= 11 is 11.5. The van der Waals surface area contributed by atoms with Crippen LogP contribution < -0.4 is 10.8 Å². The Labute approximate surface area is 90.8 Å². The van der Waals surface area contributed by atoms with Crippen LogP contribution in [-0.4, -0.2) is 17.7 Å². The van der Waals surface area contributed by atoms with E-state index in [1.165, 1.54) is 5.48 Å². The minimum absolute atomic E-state index is 0.0729. The predicted molar refractivity (Wildman–Crippen MR) is 54.9 cm³/mol. The van der Waals surface area contributed by atoms with E-state index >= 15 is 0 Å². The van der Waals surface area contributed by atoms with Crippen molar-refractivity contribution in [2.75, 3.05) is 11.9 Å². The van der Waals surface area contributed by atoms with Gasteiger partial charge in [0.05, 0.1) is 17.3 Å². The van der Waals surface area contributed by atoms with Crippen LogP contribution in [0, 0.1) is 0 Å². The molecule has 0 saturated heterocycles. The quantitative estimate of drug-likeness (QED) is 0.554. The first-order valence-corrected chi connectivity index (χ1v) is 4.51. The van der Waals surface area contributed by atoms with Crippen molar-refractivity contribution < 1.29 is 10.0 Å². The number of hydrogen-bond acceptors (Lipinski definition) is 3. The molecule has 3 N–H and O–H groups in total. The molecule has 0 heterocycles. The summed E-state index contributed by atoms with van der Waals surface area (Å²) in [5.41, 5.74) is 2.04. The van der Waals surface area contributed by atoms with Gasteiger partial charge in [0, 0.05) is 5.02 Å². The molecule has 0 spiro atoms. The summed E-state index contributed by atoms with van der Waals surface area (Å²) in [5, 5.41) is 11.9. The van der Waals surface area contributed by atoms with Crippen molar-refractivity contribution in [2.24, 2.45) is 0 Å². The molecule has 1 amide bonds. The predicted octanol–water partition coefficient (Wildman–Crippen LogP) is 1.91. The van der Waals surface area contributed by atoms with Gasteiger partial charge in [-0.3, -0.25) is 10.0 Å². The van der Waals surface area contributed by atoms with E-state index in [9.17, 15) is 4.79 Å². The number of halogens is 2. The highest BCUT2D eigenvalue weighted by Crippen LogP contribution is 2.24. The van der Waals surface area contributed by atoms with Crippen LogP contribution in [0.25, 0.3) is 0 Å². The first-order chi connectivity index (χ1) is 6.63. The molecule has 0 aliphatic carbocycles. The van der Waals surface area contributed by atoms with Gasteiger partial charge in [-0.25, -0.2) is 5.48 Å². The Morgan fingerprint density at radius 2 is 2.14 bits per heavy atom. The molecule has 0 radical (unpaired) electrons. The van der Waals surface area contributed by atoms with Crippen LogP contribution in [0.3, 0.4) is 0 Å². The second-order valence-electron chi connectivity index (χ2n) is 2.51. The average Bonchev–Trinajstić information content (AvgIpc) is 2.19. The van der Waals surface area contributed by atoms with Crippen molar-refractivity contribution in [3.63, 3.8) is 0 Å². The van der Waals surface area contributed by atoms with Crippen molar-refractivity contribution in [1.29, 1.82) is 0 Å². The van der Waals surface area contributed by atoms with Gasteiger partial charge in [-0.05, 0) is 18.2 Å². The third kappa shape index (κ3) is 3.06. The third-order valence-electron chi connectivity index (χ3n) is 1.49. The topological polar surface area (TPSA) is 61.4 Å². The number of benzene rings is 1. The van der Waals surface area contributed by atoms with Gasteiger partial charge in [0.15, 0.2) is 0 Å². The zero-order chi connectivity index (χ0) is 10.6. The van der Waals surface area contributed by atoms with E-state index < -0.39 is 5.91 Å². The smallest absolute Gasteiger partial charge is 0.262 e. The van der Waals surface area contributed by atoms with Crippen LogP contribution in [-0.2, 0) is 4.79 Å². The second kappa shape index (κ2) is 5.05. The fraction of sp³-hybridized carbons (Fsp3) is 0.125. The highest BCUT2D eigenvalue weighted by atomic mass is 35.5. The van der Waals surface area contributed by atoms with Gasteiger partial charge < -0.3 is 5.32 Å². The van der Waals surface area contributed by atoms with E-state index in [0.717, 1.165) is 0 Å². The maximum absolute atomic E-state index is 10.7. The largest absolute Gasteiger partial charge is 0.375 e. The van der Waals surface area contributed by atoms with Crippen LogP contribution in [0.2, 0.25) is 10.0 Å². The molecule has 0 bridgehead atoms. The Kier molecular flexibility index (Phi) is 4.00. The van der Waals surface area contributed by atoms with Crippen LogP contribution in [0.5, 0.6) is 0 Å². The summed E-state index contributed by atoms with van der Waals surface area (Å²) in [6.45, 7) is -0.0729. The zero-order valence-electron chi connectivity index (χ0n) is 7.05. The molecule has 76 valence electrons. The van der Waals surface area contributed by atoms with E-state index in [2.05, 4.69) is 5.32 Å². The number of hydroxylamine groups is 1. The van der Waals surface area contributed by atoms with E-state index in [0.29, 0.717) is 15.7 Å². The number of rotatable bonds is 3. The first-order valence-electron chi connectivity index (χ1n) is 3.75. The fourth-order valence-corrected chi connectivity index (χ4v) is 1.20. The van der Waals surface area contributed by atoms with Gasteiger partial charge in [0.1, 0.15) is 0 Å². The Morgan fingerprint density at radius 3 is 2.79 bits per heavy atom. The molecule has 0 fully saturated rings. The molecule has 0 aliphatic heterocycles. The van der Waals surface area contributed by atoms with E-state index in [1.807, 2.05) is 0 Å². The summed E-state index contributed by atoms with van der Waals surface area (Å²) in [6, 6.07) is 4.85. The highest BCUT2D eigenvalue weighted by molar-refractivity contribution is 6.35. The lowest BCUT2D eigenvalue weighted by atomic mass is 10.3. The van der Waals surface area contributed by atoms with Gasteiger partial charge in [0.2, 0.25) is 0 Å². The van der Waals surface area contributed by atoms with Crippen molar-refractivity contribution in [3.8, 4) is 0 Å². The lowest BCUT2D eigenvalue weighted by Crippen LogP contribution is -2.26. The zero-order valence-corrected chi connectivity index (χ0v) is 8.56. The maximum atomic E-state index is 10.7. The Hall–Kier alpha value is -0.970. The molecule has 0 atom stereocenters. The maximum Gasteiger partial charge on any atom is 0.262 e. The molecule has 0 aliphatic rings. The summed E-state index contributed by atoms with van der Waals surface area (Å²) in [5.74, 6) is -0.555. The summed E-state index contributed by atoms with van der Waals surface area (Å²) in [4.78, 5) is 10.7. The minimum Gasteiger partial charge on any atom is -0.375 e. The lowest BCUT2D eigenvalue weighted by molar-refractivity contribution is -0.127. The second-order valence-corrected chi connectivity index (χ2v) is 3.36. The van der Waals surface area contributed by atoms with Crippen LogP contribution in [0.4, 0.5) is 5.69 Å². The fourth-order valence-electron chi connectivity index (χ4n) is 0.848. The van der Waals surface area contributed by atoms with Crippen molar-refractivity contribution in [2.45, 2.75) is 0 Å². The van der Waals surface area contributed by atoms with E-state index in [4.69, 9.17) is 28.4 Å². The summed E-state index contributed by atoms with van der Waals surface area (Å²) in [7, 11) is 0. The summed E-state index contributed by atoms with van der Waals surface area (Å²) < 4.78 is 0. The summed E-state index contributed by atoms with van der Waals surface area (Å²) in [6.07, 6.45) is 0. The molecule has 14 heavy (non-hydrogen) atoms. The van der Waals surface area contributed by atoms with Crippen LogP contribution in [0.15, 0.2) is 18.2 Å². The highest BCUT2D eigenvalue weighted by Gasteiger charge is 2.03. The molecule has 0 saturated carbocycles. The monoisotopic (exact) mass is 234 g/mol. The van der Waals surface area contributed by atoms with E-state index in [-0.39, 0.29) is 6.54 Å². The van der Waals surface area contributed by atoms with Gasteiger partial charge >= 0.3 is 0 Å². The Morgan fingerprint density at radius 1 is 1.43 bits per heavy atom. The molecule has 1 aromatic carbocycles. The number of amides is 1. The minimum atomic E-state index is -0.555. The van der Waals surface area contributed by atoms with Crippen molar-refractivity contribution in [3.05, 3.63) is 28.2 Å². The van der Waals surface area contributed by atoms with Crippen molar-refractivity contribution >= 4 is 34.8 Å². The molecule has 6 heteroatoms. The van der Waals surface area contributed by atoms with Gasteiger partial charge in [0.25, 0.3) is 5.91 Å². The number of carbonyl (C=O) groups is 1. The number of hydrogen-bond donors (Lipinski definition) is 3. The van der Waals surface area contributed by atoms with Crippen LogP contribution in [0.1, 0.15) is 0 Å². The molecule has 4 nitrogen and oxygen atoms in total. The Bertz CT molecular complexity index is 344. The average molecular weight is 235 g/mol. The molecule has 1 aromatic rings. The SMILES string of the molecule is O=C(CNc1cc(Cl)ccc1Cl)NO. The molecule has 0 unspecified atom stereocenters. The van der Waals surface area contributed by atoms with Crippen LogP contribution >= 0.6 is 23.2 Å². The van der Waals surface area contributed by atoms with E-state index in [1.54, 1.807) is 18.2 Å². The van der Waals surface area contributed by atoms with Gasteiger partial charge in [-0.15, -0.1) is 0 Å². The van der Waals surface area contributed by atoms with Gasteiger partial charge in [-0.2, -0.15) is 0 Å². The normalized spacial score (nSPS) is 9.64. The third-order valence-corrected chi connectivity index (χ3v) is 2.06. The van der Waals surface area contributed by atoms with Gasteiger partial charge in [-0.1, -0.05) is 23.2 Å². The Balaban J connectivity index is 2.66. The standard InChI is InChI=1S/C8H8Cl2N2O2/c9-5-1-2-6(10)7(3-5)11-4-8(13)12-14/h1-3,11,14H,4H2,(H,12,13).